The maximum absolute atomic E-state index is 13.3. The standard InChI is InChI=1S/C29H39N3O6/c1-28(2,3)38-25(34)16-17-29(27(35)32-30-18-7-11-22-9-5-4-6-10-22)21-37-26(31-29)23-12-14-24(15-13-23)36-20-8-19-33/h4-6,9-10,12-15,30,33H,7-8,11,16-21H2,1-3H3,(H,32,35)/t29-/m0/s1. The van der Waals surface area contributed by atoms with Gasteiger partial charge in [-0.15, -0.1) is 0 Å². The number of amides is 1. The van der Waals surface area contributed by atoms with Gasteiger partial charge in [0, 0.05) is 31.6 Å². The van der Waals surface area contributed by atoms with E-state index in [1.165, 1.54) is 5.56 Å². The predicted molar refractivity (Wildman–Crippen MR) is 145 cm³/mol. The summed E-state index contributed by atoms with van der Waals surface area (Å²) in [6.07, 6.45) is 2.44. The molecule has 3 N–H and O–H groups in total. The molecule has 0 bridgehead atoms. The molecule has 9 nitrogen and oxygen atoms in total. The van der Waals surface area contributed by atoms with Gasteiger partial charge in [0.05, 0.1) is 6.61 Å². The lowest BCUT2D eigenvalue weighted by Gasteiger charge is -2.24. The minimum absolute atomic E-state index is 0.0113. The highest BCUT2D eigenvalue weighted by molar-refractivity contribution is 6.00. The van der Waals surface area contributed by atoms with Crippen LogP contribution in [-0.4, -0.2) is 60.4 Å². The molecule has 1 aliphatic rings. The number of aliphatic hydroxyl groups excluding tert-OH is 1. The number of nitrogens with zero attached hydrogens (tertiary/aromatic N) is 1. The number of nitrogens with one attached hydrogen (secondary N) is 2. The SMILES string of the molecule is CC(C)(C)OC(=O)CC[C@@]1(C(=O)NNCCCc2ccccc2)COC(c2ccc(OCCCO)cc2)=N1. The van der Waals surface area contributed by atoms with Crippen LogP contribution in [0.15, 0.2) is 59.6 Å². The van der Waals surface area contributed by atoms with Crippen LogP contribution in [0, 0.1) is 0 Å². The molecule has 0 radical (unpaired) electrons. The first-order valence-corrected chi connectivity index (χ1v) is 13.1. The van der Waals surface area contributed by atoms with Crippen molar-refractivity contribution < 1.29 is 28.9 Å². The number of carbonyl (C=O) groups is 2. The summed E-state index contributed by atoms with van der Waals surface area (Å²) in [4.78, 5) is 30.4. The number of aliphatic imine (C=N–C) groups is 1. The Bertz CT molecular complexity index is 1070. The van der Waals surface area contributed by atoms with Gasteiger partial charge in [-0.1, -0.05) is 30.3 Å². The van der Waals surface area contributed by atoms with Gasteiger partial charge in [0.1, 0.15) is 18.0 Å². The lowest BCUT2D eigenvalue weighted by atomic mass is 9.94. The van der Waals surface area contributed by atoms with Crippen molar-refractivity contribution in [3.05, 3.63) is 65.7 Å². The van der Waals surface area contributed by atoms with Crippen molar-refractivity contribution in [2.75, 3.05) is 26.4 Å². The second-order valence-corrected chi connectivity index (χ2v) is 10.2. The average molecular weight is 526 g/mol. The number of hydrogen-bond donors (Lipinski definition) is 3. The normalized spacial score (nSPS) is 16.9. The van der Waals surface area contributed by atoms with Gasteiger partial charge in [0.2, 0.25) is 5.90 Å². The lowest BCUT2D eigenvalue weighted by Crippen LogP contribution is -2.52. The third kappa shape index (κ3) is 9.15. The van der Waals surface area contributed by atoms with Gasteiger partial charge in [-0.25, -0.2) is 10.4 Å². The highest BCUT2D eigenvalue weighted by Gasteiger charge is 2.44. The Balaban J connectivity index is 1.64. The van der Waals surface area contributed by atoms with Crippen LogP contribution in [0.1, 0.15) is 57.6 Å². The molecule has 1 heterocycles. The van der Waals surface area contributed by atoms with Crippen LogP contribution in [-0.2, 0) is 25.5 Å². The molecular weight excluding hydrogens is 486 g/mol. The van der Waals surface area contributed by atoms with E-state index in [0.29, 0.717) is 36.8 Å². The first kappa shape index (κ1) is 29.1. The third-order valence-corrected chi connectivity index (χ3v) is 5.83. The molecule has 0 saturated carbocycles. The summed E-state index contributed by atoms with van der Waals surface area (Å²) >= 11 is 0. The van der Waals surface area contributed by atoms with Crippen molar-refractivity contribution in [1.82, 2.24) is 10.9 Å². The summed E-state index contributed by atoms with van der Waals surface area (Å²) in [7, 11) is 0. The van der Waals surface area contributed by atoms with Crippen LogP contribution in [0.2, 0.25) is 0 Å². The molecule has 0 unspecified atom stereocenters. The molecule has 0 spiro atoms. The highest BCUT2D eigenvalue weighted by atomic mass is 16.6. The second-order valence-electron chi connectivity index (χ2n) is 10.2. The van der Waals surface area contributed by atoms with Crippen LogP contribution in [0.4, 0.5) is 0 Å². The van der Waals surface area contributed by atoms with E-state index in [4.69, 9.17) is 19.3 Å². The van der Waals surface area contributed by atoms with Crippen LogP contribution in [0.5, 0.6) is 5.75 Å². The first-order valence-electron chi connectivity index (χ1n) is 13.1. The number of carbonyl (C=O) groups excluding carboxylic acids is 2. The molecule has 3 rings (SSSR count). The summed E-state index contributed by atoms with van der Waals surface area (Å²) in [5, 5.41) is 8.91. The van der Waals surface area contributed by atoms with E-state index in [9.17, 15) is 9.59 Å². The second kappa shape index (κ2) is 13.9. The topological polar surface area (TPSA) is 118 Å². The summed E-state index contributed by atoms with van der Waals surface area (Å²) in [6.45, 7) is 6.49. The highest BCUT2D eigenvalue weighted by Crippen LogP contribution is 2.28. The zero-order valence-corrected chi connectivity index (χ0v) is 22.5. The van der Waals surface area contributed by atoms with E-state index < -0.39 is 17.1 Å². The fourth-order valence-corrected chi connectivity index (χ4v) is 3.89. The molecule has 1 aliphatic heterocycles. The maximum atomic E-state index is 13.3. The number of aryl methyl sites for hydroxylation is 1. The number of hydrazine groups is 1. The van der Waals surface area contributed by atoms with Gasteiger partial charge in [0.25, 0.3) is 5.91 Å². The van der Waals surface area contributed by atoms with Gasteiger partial charge in [-0.2, -0.15) is 0 Å². The van der Waals surface area contributed by atoms with Crippen molar-refractivity contribution in [3.8, 4) is 5.75 Å². The zero-order chi connectivity index (χ0) is 27.4. The van der Waals surface area contributed by atoms with Crippen LogP contribution < -0.4 is 15.6 Å². The summed E-state index contributed by atoms with van der Waals surface area (Å²) in [5.41, 5.74) is 5.80. The Morgan fingerprint density at radius 3 is 2.50 bits per heavy atom. The molecule has 0 saturated heterocycles. The van der Waals surface area contributed by atoms with E-state index in [0.717, 1.165) is 12.8 Å². The quantitative estimate of drug-likeness (QED) is 0.197. The van der Waals surface area contributed by atoms with Gasteiger partial charge in [-0.05, 0) is 69.9 Å². The number of ether oxygens (including phenoxy) is 3. The largest absolute Gasteiger partial charge is 0.494 e. The summed E-state index contributed by atoms with van der Waals surface area (Å²) in [5.74, 6) is 0.234. The number of hydrogen-bond acceptors (Lipinski definition) is 8. The van der Waals surface area contributed by atoms with E-state index in [1.54, 1.807) is 45.0 Å². The summed E-state index contributed by atoms with van der Waals surface area (Å²) in [6, 6.07) is 17.3. The third-order valence-electron chi connectivity index (χ3n) is 5.83. The van der Waals surface area contributed by atoms with Crippen LogP contribution >= 0.6 is 0 Å². The Hall–Kier alpha value is -3.43. The first-order chi connectivity index (χ1) is 18.2. The Labute approximate surface area is 224 Å². The molecule has 206 valence electrons. The number of rotatable bonds is 14. The van der Waals surface area contributed by atoms with Crippen molar-refractivity contribution in [1.29, 1.82) is 0 Å². The fourth-order valence-electron chi connectivity index (χ4n) is 3.89. The van der Waals surface area contributed by atoms with Crippen LogP contribution in [0.25, 0.3) is 0 Å². The molecule has 0 aromatic heterocycles. The van der Waals surface area contributed by atoms with Crippen molar-refractivity contribution in [2.24, 2.45) is 4.99 Å². The lowest BCUT2D eigenvalue weighted by molar-refractivity contribution is -0.155. The van der Waals surface area contributed by atoms with Gasteiger partial charge >= 0.3 is 5.97 Å². The smallest absolute Gasteiger partial charge is 0.306 e. The van der Waals surface area contributed by atoms with E-state index in [-0.39, 0.29) is 32.0 Å². The molecule has 0 fully saturated rings. The van der Waals surface area contributed by atoms with Gasteiger partial charge < -0.3 is 19.3 Å². The monoisotopic (exact) mass is 525 g/mol. The van der Waals surface area contributed by atoms with E-state index in [1.807, 2.05) is 18.2 Å². The maximum Gasteiger partial charge on any atom is 0.306 e. The zero-order valence-electron chi connectivity index (χ0n) is 22.5. The Kier molecular flexibility index (Phi) is 10.7. The number of benzene rings is 2. The fraction of sp³-hybridized carbons (Fsp3) is 0.483. The Morgan fingerprint density at radius 2 is 1.82 bits per heavy atom. The molecule has 2 aromatic rings. The molecule has 38 heavy (non-hydrogen) atoms. The van der Waals surface area contributed by atoms with Gasteiger partial charge in [0.15, 0.2) is 5.54 Å². The van der Waals surface area contributed by atoms with Crippen molar-refractivity contribution >= 4 is 17.8 Å². The molecule has 2 aromatic carbocycles. The van der Waals surface area contributed by atoms with E-state index in [2.05, 4.69) is 28.0 Å². The molecule has 1 amide bonds. The van der Waals surface area contributed by atoms with E-state index >= 15 is 0 Å². The van der Waals surface area contributed by atoms with Crippen molar-refractivity contribution in [3.63, 3.8) is 0 Å². The summed E-state index contributed by atoms with van der Waals surface area (Å²) < 4.78 is 16.9. The minimum atomic E-state index is -1.27. The molecule has 1 atom stereocenters. The van der Waals surface area contributed by atoms with Crippen molar-refractivity contribution in [2.45, 2.75) is 64.0 Å². The molecular formula is C29H39N3O6. The van der Waals surface area contributed by atoms with Crippen LogP contribution in [0.3, 0.4) is 0 Å². The number of aliphatic hydroxyl groups is 1. The average Bonchev–Trinajstić information content (AvgIpc) is 3.33. The predicted octanol–water partition coefficient (Wildman–Crippen LogP) is 3.34. The molecule has 0 aliphatic carbocycles. The number of esters is 1. The minimum Gasteiger partial charge on any atom is -0.494 e. The molecule has 9 heteroatoms. The van der Waals surface area contributed by atoms with Gasteiger partial charge in [-0.3, -0.25) is 15.0 Å². The Morgan fingerprint density at radius 1 is 1.08 bits per heavy atom.